The highest BCUT2D eigenvalue weighted by Crippen LogP contribution is 2.34. The normalized spacial score (nSPS) is 14.1. The van der Waals surface area contributed by atoms with Gasteiger partial charge in [-0.3, -0.25) is 9.78 Å². The number of ether oxygens (including phenoxy) is 1. The van der Waals surface area contributed by atoms with E-state index < -0.39 is 11.7 Å². The molecule has 0 atom stereocenters. The number of hydrogen-bond donors (Lipinski definition) is 1. The van der Waals surface area contributed by atoms with Crippen LogP contribution >= 0.6 is 0 Å². The highest BCUT2D eigenvalue weighted by atomic mass is 19.4. The van der Waals surface area contributed by atoms with Crippen molar-refractivity contribution in [1.29, 1.82) is 0 Å². The van der Waals surface area contributed by atoms with Crippen molar-refractivity contribution in [3.63, 3.8) is 0 Å². The van der Waals surface area contributed by atoms with E-state index in [9.17, 15) is 18.0 Å². The fourth-order valence-corrected chi connectivity index (χ4v) is 4.49. The molecular formula is C28H25F3N4O2. The monoisotopic (exact) mass is 506 g/mol. The van der Waals surface area contributed by atoms with E-state index in [1.165, 1.54) is 12.3 Å². The summed E-state index contributed by atoms with van der Waals surface area (Å²) >= 11 is 0. The fraction of sp³-hybridized carbons (Fsp3) is 0.214. The molecule has 9 heteroatoms. The van der Waals surface area contributed by atoms with Crippen LogP contribution in [-0.4, -0.2) is 49.1 Å². The lowest BCUT2D eigenvalue weighted by atomic mass is 10.1. The summed E-state index contributed by atoms with van der Waals surface area (Å²) in [6.07, 6.45) is -3.00. The van der Waals surface area contributed by atoms with E-state index in [0.29, 0.717) is 48.5 Å². The molecule has 1 aliphatic heterocycles. The van der Waals surface area contributed by atoms with E-state index in [2.05, 4.69) is 15.2 Å². The molecule has 1 fully saturated rings. The number of rotatable bonds is 5. The van der Waals surface area contributed by atoms with E-state index in [1.807, 2.05) is 35.2 Å². The molecule has 1 aromatic heterocycles. The van der Waals surface area contributed by atoms with Crippen LogP contribution in [0.3, 0.4) is 0 Å². The third-order valence-electron chi connectivity index (χ3n) is 6.50. The van der Waals surface area contributed by atoms with Crippen LogP contribution in [0.2, 0.25) is 0 Å². The van der Waals surface area contributed by atoms with Crippen LogP contribution < -0.4 is 15.0 Å². The zero-order valence-corrected chi connectivity index (χ0v) is 20.1. The summed E-state index contributed by atoms with van der Waals surface area (Å²) < 4.78 is 44.6. The standard InChI is InChI=1S/C28H25F3N4O2/c1-37-21-9-7-20(8-10-21)34-14-16-35(17-15-34)27(36)23-4-2-3-5-24(23)33-25-12-13-32-26-18-19(28(29,30)31)6-11-22(25)26/h2-13,18H,14-17H2,1H3,(H,32,33). The first-order valence-electron chi connectivity index (χ1n) is 11.8. The smallest absolute Gasteiger partial charge is 0.416 e. The average Bonchev–Trinajstić information content (AvgIpc) is 2.92. The van der Waals surface area contributed by atoms with Crippen LogP contribution in [0, 0.1) is 0 Å². The second-order valence-electron chi connectivity index (χ2n) is 8.74. The third-order valence-corrected chi connectivity index (χ3v) is 6.50. The van der Waals surface area contributed by atoms with E-state index in [-0.39, 0.29) is 11.4 Å². The second-order valence-corrected chi connectivity index (χ2v) is 8.74. The number of hydrogen-bond acceptors (Lipinski definition) is 5. The molecular weight excluding hydrogens is 481 g/mol. The van der Waals surface area contributed by atoms with Gasteiger partial charge in [0, 0.05) is 49.1 Å². The number of piperazine rings is 1. The molecule has 4 aromatic rings. The summed E-state index contributed by atoms with van der Waals surface area (Å²) in [6.45, 7) is 2.53. The number of nitrogens with zero attached hydrogens (tertiary/aromatic N) is 3. The number of methoxy groups -OCH3 is 1. The van der Waals surface area contributed by atoms with Crippen LogP contribution in [0.15, 0.2) is 79.0 Å². The molecule has 3 aromatic carbocycles. The summed E-state index contributed by atoms with van der Waals surface area (Å²) in [7, 11) is 1.63. The highest BCUT2D eigenvalue weighted by Gasteiger charge is 2.31. The summed E-state index contributed by atoms with van der Waals surface area (Å²) in [6, 6.07) is 20.2. The topological polar surface area (TPSA) is 57.7 Å². The van der Waals surface area contributed by atoms with Gasteiger partial charge < -0.3 is 19.9 Å². The number of benzene rings is 3. The van der Waals surface area contributed by atoms with Gasteiger partial charge in [0.25, 0.3) is 5.91 Å². The Kier molecular flexibility index (Phi) is 6.60. The minimum Gasteiger partial charge on any atom is -0.497 e. The molecule has 2 heterocycles. The predicted octanol–water partition coefficient (Wildman–Crippen LogP) is 5.97. The molecule has 1 N–H and O–H groups in total. The first-order valence-corrected chi connectivity index (χ1v) is 11.8. The Morgan fingerprint density at radius 2 is 1.65 bits per heavy atom. The van der Waals surface area contributed by atoms with Gasteiger partial charge in [0.1, 0.15) is 5.75 Å². The lowest BCUT2D eigenvalue weighted by Crippen LogP contribution is -2.48. The SMILES string of the molecule is COc1ccc(N2CCN(C(=O)c3ccccc3Nc3ccnc4cc(C(F)(F)F)ccc34)CC2)cc1. The van der Waals surface area contributed by atoms with Crippen molar-refractivity contribution in [3.8, 4) is 5.75 Å². The quantitative estimate of drug-likeness (QED) is 0.362. The van der Waals surface area contributed by atoms with Crippen LogP contribution in [-0.2, 0) is 6.18 Å². The average molecular weight is 507 g/mol. The number of nitrogens with one attached hydrogen (secondary N) is 1. The summed E-state index contributed by atoms with van der Waals surface area (Å²) in [5.41, 5.74) is 2.19. The summed E-state index contributed by atoms with van der Waals surface area (Å²) in [5, 5.41) is 3.78. The maximum Gasteiger partial charge on any atom is 0.416 e. The Morgan fingerprint density at radius 3 is 2.35 bits per heavy atom. The van der Waals surface area contributed by atoms with Crippen molar-refractivity contribution in [2.45, 2.75) is 6.18 Å². The zero-order valence-electron chi connectivity index (χ0n) is 20.1. The summed E-state index contributed by atoms with van der Waals surface area (Å²) in [5.74, 6) is 0.694. The number of para-hydroxylation sites is 1. The Hall–Kier alpha value is -4.27. The zero-order chi connectivity index (χ0) is 26.0. The molecule has 0 aliphatic carbocycles. The first-order chi connectivity index (χ1) is 17.8. The minimum absolute atomic E-state index is 0.102. The number of aromatic nitrogens is 1. The van der Waals surface area contributed by atoms with Crippen molar-refractivity contribution in [1.82, 2.24) is 9.88 Å². The number of carbonyl (C=O) groups excluding carboxylic acids is 1. The number of pyridine rings is 1. The minimum atomic E-state index is -4.45. The first kappa shape index (κ1) is 24.4. The molecule has 0 radical (unpaired) electrons. The molecule has 190 valence electrons. The molecule has 5 rings (SSSR count). The number of halogens is 3. The highest BCUT2D eigenvalue weighted by molar-refractivity contribution is 6.02. The molecule has 0 unspecified atom stereocenters. The molecule has 0 saturated carbocycles. The Labute approximate surface area is 212 Å². The largest absolute Gasteiger partial charge is 0.497 e. The van der Waals surface area contributed by atoms with Crippen LogP contribution in [0.1, 0.15) is 15.9 Å². The Bertz CT molecular complexity index is 1420. The molecule has 1 saturated heterocycles. The fourth-order valence-electron chi connectivity index (χ4n) is 4.49. The van der Waals surface area contributed by atoms with Gasteiger partial charge in [0.05, 0.1) is 29.4 Å². The predicted molar refractivity (Wildman–Crippen MR) is 138 cm³/mol. The van der Waals surface area contributed by atoms with Gasteiger partial charge in [-0.25, -0.2) is 0 Å². The number of amides is 1. The number of carbonyl (C=O) groups is 1. The third kappa shape index (κ3) is 5.16. The van der Waals surface area contributed by atoms with Gasteiger partial charge in [-0.15, -0.1) is 0 Å². The van der Waals surface area contributed by atoms with Crippen LogP contribution in [0.5, 0.6) is 5.75 Å². The number of alkyl halides is 3. The van der Waals surface area contributed by atoms with Gasteiger partial charge >= 0.3 is 6.18 Å². The molecule has 37 heavy (non-hydrogen) atoms. The van der Waals surface area contributed by atoms with Crippen molar-refractivity contribution in [2.24, 2.45) is 0 Å². The van der Waals surface area contributed by atoms with E-state index >= 15 is 0 Å². The summed E-state index contributed by atoms with van der Waals surface area (Å²) in [4.78, 5) is 21.6. The lowest BCUT2D eigenvalue weighted by Gasteiger charge is -2.36. The molecule has 0 spiro atoms. The van der Waals surface area contributed by atoms with Crippen molar-refractivity contribution in [2.75, 3.05) is 43.5 Å². The second kappa shape index (κ2) is 10.0. The van der Waals surface area contributed by atoms with Gasteiger partial charge in [-0.05, 0) is 54.6 Å². The van der Waals surface area contributed by atoms with Crippen LogP contribution in [0.4, 0.5) is 30.2 Å². The van der Waals surface area contributed by atoms with Crippen molar-refractivity contribution in [3.05, 3.63) is 90.1 Å². The van der Waals surface area contributed by atoms with E-state index in [1.54, 1.807) is 31.4 Å². The lowest BCUT2D eigenvalue weighted by molar-refractivity contribution is -0.137. The molecule has 0 bridgehead atoms. The van der Waals surface area contributed by atoms with Crippen molar-refractivity contribution >= 4 is 33.9 Å². The Morgan fingerprint density at radius 1 is 0.919 bits per heavy atom. The van der Waals surface area contributed by atoms with E-state index in [4.69, 9.17) is 4.74 Å². The molecule has 1 amide bonds. The van der Waals surface area contributed by atoms with Crippen LogP contribution in [0.25, 0.3) is 10.9 Å². The number of fused-ring (bicyclic) bond motifs is 1. The van der Waals surface area contributed by atoms with E-state index in [0.717, 1.165) is 23.6 Å². The van der Waals surface area contributed by atoms with Gasteiger partial charge in [-0.1, -0.05) is 18.2 Å². The van der Waals surface area contributed by atoms with Gasteiger partial charge in [0.2, 0.25) is 0 Å². The van der Waals surface area contributed by atoms with Crippen molar-refractivity contribution < 1.29 is 22.7 Å². The van der Waals surface area contributed by atoms with Gasteiger partial charge in [0.15, 0.2) is 0 Å². The molecule has 6 nitrogen and oxygen atoms in total. The Balaban J connectivity index is 1.33. The van der Waals surface area contributed by atoms with Gasteiger partial charge in [-0.2, -0.15) is 13.2 Å². The number of anilines is 3. The molecule has 1 aliphatic rings. The maximum atomic E-state index is 13.5. The maximum absolute atomic E-state index is 13.5.